The summed E-state index contributed by atoms with van der Waals surface area (Å²) in [7, 11) is 0. The highest BCUT2D eigenvalue weighted by atomic mass is 127. The molecular weight excluding hydrogens is 354 g/mol. The van der Waals surface area contributed by atoms with Crippen LogP contribution in [0.2, 0.25) is 0 Å². The second-order valence-electron chi connectivity index (χ2n) is 4.57. The number of hydrogen-bond donors (Lipinski definition) is 0. The van der Waals surface area contributed by atoms with Gasteiger partial charge in [-0.05, 0) is 41.0 Å². The van der Waals surface area contributed by atoms with Crippen molar-refractivity contribution in [3.05, 3.63) is 27.3 Å². The molecule has 0 saturated heterocycles. The highest BCUT2D eigenvalue weighted by Crippen LogP contribution is 2.45. The van der Waals surface area contributed by atoms with Crippen molar-refractivity contribution in [2.75, 3.05) is 0 Å². The first-order valence-electron chi connectivity index (χ1n) is 5.53. The van der Waals surface area contributed by atoms with Crippen molar-refractivity contribution in [2.45, 2.75) is 25.3 Å². The number of benzene rings is 1. The smallest absolute Gasteiger partial charge is 0.138 e. The van der Waals surface area contributed by atoms with E-state index in [0.717, 1.165) is 23.3 Å². The van der Waals surface area contributed by atoms with Gasteiger partial charge in [-0.15, -0.1) is 11.6 Å². The summed E-state index contributed by atoms with van der Waals surface area (Å²) in [6.07, 6.45) is 1.13. The minimum atomic E-state index is -0.186. The predicted octanol–water partition coefficient (Wildman–Crippen LogP) is 4.10. The van der Waals surface area contributed by atoms with Gasteiger partial charge in [-0.1, -0.05) is 6.92 Å². The number of nitrogens with zero attached hydrogens (tertiary/aromatic N) is 2. The SMILES string of the molecule is CC1CC1n1c(CCl)nc2cc(I)c(F)cc21. The van der Waals surface area contributed by atoms with E-state index < -0.39 is 0 Å². The molecule has 90 valence electrons. The van der Waals surface area contributed by atoms with Crippen molar-refractivity contribution < 1.29 is 4.39 Å². The van der Waals surface area contributed by atoms with Crippen LogP contribution in [0.1, 0.15) is 25.2 Å². The molecule has 0 amide bonds. The Bertz CT molecular complexity index is 596. The lowest BCUT2D eigenvalue weighted by Gasteiger charge is -2.06. The van der Waals surface area contributed by atoms with Crippen LogP contribution in [0.4, 0.5) is 4.39 Å². The minimum Gasteiger partial charge on any atom is -0.323 e. The molecule has 1 aromatic carbocycles. The van der Waals surface area contributed by atoms with E-state index in [2.05, 4.69) is 16.5 Å². The molecule has 5 heteroatoms. The average molecular weight is 365 g/mol. The van der Waals surface area contributed by atoms with E-state index in [0.29, 0.717) is 21.4 Å². The summed E-state index contributed by atoms with van der Waals surface area (Å²) in [6.45, 7) is 2.19. The molecule has 1 aliphatic carbocycles. The summed E-state index contributed by atoms with van der Waals surface area (Å²) in [5.41, 5.74) is 1.71. The molecular formula is C12H11ClFIN2. The van der Waals surface area contributed by atoms with Gasteiger partial charge in [0.25, 0.3) is 0 Å². The Kier molecular flexibility index (Phi) is 2.82. The topological polar surface area (TPSA) is 17.8 Å². The third kappa shape index (κ3) is 1.85. The van der Waals surface area contributed by atoms with Crippen molar-refractivity contribution in [2.24, 2.45) is 5.92 Å². The molecule has 0 spiro atoms. The van der Waals surface area contributed by atoms with Gasteiger partial charge in [0.2, 0.25) is 0 Å². The first-order valence-corrected chi connectivity index (χ1v) is 7.15. The Hall–Kier alpha value is -0.360. The number of fused-ring (bicyclic) bond motifs is 1. The van der Waals surface area contributed by atoms with Gasteiger partial charge in [0.05, 0.1) is 20.5 Å². The molecule has 1 saturated carbocycles. The molecule has 2 aromatic rings. The highest BCUT2D eigenvalue weighted by molar-refractivity contribution is 14.1. The molecule has 2 unspecified atom stereocenters. The Labute approximate surface area is 117 Å². The van der Waals surface area contributed by atoms with Gasteiger partial charge in [0.1, 0.15) is 11.6 Å². The molecule has 0 bridgehead atoms. The molecule has 17 heavy (non-hydrogen) atoms. The summed E-state index contributed by atoms with van der Waals surface area (Å²) >= 11 is 7.91. The van der Waals surface area contributed by atoms with Gasteiger partial charge in [0.15, 0.2) is 0 Å². The van der Waals surface area contributed by atoms with E-state index in [-0.39, 0.29) is 5.82 Å². The van der Waals surface area contributed by atoms with E-state index in [9.17, 15) is 4.39 Å². The molecule has 2 nitrogen and oxygen atoms in total. The van der Waals surface area contributed by atoms with Crippen molar-refractivity contribution in [1.29, 1.82) is 0 Å². The summed E-state index contributed by atoms with van der Waals surface area (Å²) in [6, 6.07) is 3.80. The molecule has 0 N–H and O–H groups in total. The number of aromatic nitrogens is 2. The number of alkyl halides is 1. The fraction of sp³-hybridized carbons (Fsp3) is 0.417. The van der Waals surface area contributed by atoms with Gasteiger partial charge in [-0.25, -0.2) is 9.37 Å². The van der Waals surface area contributed by atoms with Crippen LogP contribution in [0.15, 0.2) is 12.1 Å². The summed E-state index contributed by atoms with van der Waals surface area (Å²) in [4.78, 5) is 4.49. The Morgan fingerprint density at radius 3 is 2.88 bits per heavy atom. The van der Waals surface area contributed by atoms with Crippen LogP contribution in [0, 0.1) is 15.3 Å². The van der Waals surface area contributed by atoms with Crippen LogP contribution < -0.4 is 0 Å². The third-order valence-corrected chi connectivity index (χ3v) is 4.39. The number of imidazole rings is 1. The van der Waals surface area contributed by atoms with Gasteiger partial charge in [-0.2, -0.15) is 0 Å². The normalized spacial score (nSPS) is 23.3. The maximum atomic E-state index is 13.6. The summed E-state index contributed by atoms with van der Waals surface area (Å²) in [5.74, 6) is 1.67. The highest BCUT2D eigenvalue weighted by Gasteiger charge is 2.36. The van der Waals surface area contributed by atoms with Crippen molar-refractivity contribution >= 4 is 45.2 Å². The molecule has 2 atom stereocenters. The fourth-order valence-corrected chi connectivity index (χ4v) is 2.91. The zero-order chi connectivity index (χ0) is 12.2. The van der Waals surface area contributed by atoms with E-state index in [1.165, 1.54) is 0 Å². The lowest BCUT2D eigenvalue weighted by molar-refractivity contribution is 0.619. The average Bonchev–Trinajstić information content (AvgIpc) is 2.89. The number of hydrogen-bond acceptors (Lipinski definition) is 1. The molecule has 1 aromatic heterocycles. The summed E-state index contributed by atoms with van der Waals surface area (Å²) in [5, 5.41) is 0. The van der Waals surface area contributed by atoms with E-state index in [4.69, 9.17) is 11.6 Å². The van der Waals surface area contributed by atoms with Gasteiger partial charge >= 0.3 is 0 Å². The largest absolute Gasteiger partial charge is 0.323 e. The van der Waals surface area contributed by atoms with Crippen LogP contribution in [0.25, 0.3) is 11.0 Å². The quantitative estimate of drug-likeness (QED) is 0.579. The molecule has 0 aliphatic heterocycles. The molecule has 1 aliphatic rings. The predicted molar refractivity (Wildman–Crippen MR) is 74.8 cm³/mol. The Morgan fingerprint density at radius 1 is 1.59 bits per heavy atom. The zero-order valence-electron chi connectivity index (χ0n) is 9.25. The zero-order valence-corrected chi connectivity index (χ0v) is 12.2. The van der Waals surface area contributed by atoms with E-state index in [1.54, 1.807) is 12.1 Å². The Morgan fingerprint density at radius 2 is 2.29 bits per heavy atom. The molecule has 1 heterocycles. The number of halogens is 3. The Balaban J connectivity index is 2.26. The molecule has 3 rings (SSSR count). The standard InChI is InChI=1S/C12H11ClFIN2/c1-6-2-10(6)17-11-3-7(14)8(15)4-9(11)16-12(17)5-13/h3-4,6,10H,2,5H2,1H3. The van der Waals surface area contributed by atoms with Crippen molar-refractivity contribution in [1.82, 2.24) is 9.55 Å². The second kappa shape index (κ2) is 4.09. The first-order chi connectivity index (χ1) is 8.11. The van der Waals surface area contributed by atoms with Gasteiger partial charge < -0.3 is 4.57 Å². The maximum absolute atomic E-state index is 13.6. The van der Waals surface area contributed by atoms with Crippen LogP contribution in [0.5, 0.6) is 0 Å². The number of rotatable bonds is 2. The molecule has 0 radical (unpaired) electrons. The van der Waals surface area contributed by atoms with Crippen molar-refractivity contribution in [3.63, 3.8) is 0 Å². The van der Waals surface area contributed by atoms with Crippen LogP contribution in [-0.2, 0) is 5.88 Å². The second-order valence-corrected chi connectivity index (χ2v) is 6.00. The van der Waals surface area contributed by atoms with Crippen LogP contribution in [-0.4, -0.2) is 9.55 Å². The van der Waals surface area contributed by atoms with Gasteiger partial charge in [-0.3, -0.25) is 0 Å². The monoisotopic (exact) mass is 364 g/mol. The van der Waals surface area contributed by atoms with Gasteiger partial charge in [0, 0.05) is 12.1 Å². The minimum absolute atomic E-state index is 0.186. The van der Waals surface area contributed by atoms with Crippen molar-refractivity contribution in [3.8, 4) is 0 Å². The lowest BCUT2D eigenvalue weighted by Crippen LogP contribution is -2.00. The summed E-state index contributed by atoms with van der Waals surface area (Å²) < 4.78 is 16.3. The fourth-order valence-electron chi connectivity index (χ4n) is 2.27. The third-order valence-electron chi connectivity index (χ3n) is 3.32. The van der Waals surface area contributed by atoms with E-state index in [1.807, 2.05) is 22.6 Å². The van der Waals surface area contributed by atoms with Crippen LogP contribution >= 0.6 is 34.2 Å². The lowest BCUT2D eigenvalue weighted by atomic mass is 10.3. The van der Waals surface area contributed by atoms with E-state index >= 15 is 0 Å². The maximum Gasteiger partial charge on any atom is 0.138 e. The molecule has 1 fully saturated rings. The van der Waals surface area contributed by atoms with Crippen LogP contribution in [0.3, 0.4) is 0 Å². The first kappa shape index (κ1) is 11.7.